The molecular formula is C17H16F3N5O3. The number of ether oxygens (including phenoxy) is 1. The molecule has 11 heteroatoms. The van der Waals surface area contributed by atoms with Crippen molar-refractivity contribution in [3.63, 3.8) is 0 Å². The van der Waals surface area contributed by atoms with Gasteiger partial charge in [0.2, 0.25) is 5.91 Å². The number of fused-ring (bicyclic) bond motifs is 1. The molecule has 0 spiro atoms. The van der Waals surface area contributed by atoms with E-state index in [1.54, 1.807) is 7.05 Å². The lowest BCUT2D eigenvalue weighted by Crippen LogP contribution is -2.28. The Bertz CT molecular complexity index is 1090. The second kappa shape index (κ2) is 7.43. The van der Waals surface area contributed by atoms with Gasteiger partial charge in [-0.3, -0.25) is 18.8 Å². The second-order valence-electron chi connectivity index (χ2n) is 6.03. The van der Waals surface area contributed by atoms with Crippen LogP contribution in [0.4, 0.5) is 18.9 Å². The molecule has 28 heavy (non-hydrogen) atoms. The Kier molecular flexibility index (Phi) is 5.18. The maximum absolute atomic E-state index is 13.2. The van der Waals surface area contributed by atoms with Crippen LogP contribution in [0.1, 0.15) is 11.1 Å². The molecule has 1 aromatic carbocycles. The van der Waals surface area contributed by atoms with Crippen LogP contribution < -0.4 is 10.9 Å². The zero-order valence-corrected chi connectivity index (χ0v) is 14.9. The summed E-state index contributed by atoms with van der Waals surface area (Å²) in [6.45, 7) is -0.618. The third-order valence-corrected chi connectivity index (χ3v) is 4.03. The Morgan fingerprint density at radius 3 is 2.75 bits per heavy atom. The quantitative estimate of drug-likeness (QED) is 0.713. The highest BCUT2D eigenvalue weighted by Crippen LogP contribution is 2.34. The number of benzene rings is 1. The fraction of sp³-hybridized carbons (Fsp3) is 0.294. The van der Waals surface area contributed by atoms with E-state index in [2.05, 4.69) is 15.4 Å². The fourth-order valence-corrected chi connectivity index (χ4v) is 2.73. The Balaban J connectivity index is 1.82. The summed E-state index contributed by atoms with van der Waals surface area (Å²) in [5.41, 5.74) is -1.09. The van der Waals surface area contributed by atoms with Crippen LogP contribution in [-0.2, 0) is 35.9 Å². The lowest BCUT2D eigenvalue weighted by atomic mass is 10.1. The van der Waals surface area contributed by atoms with Crippen molar-refractivity contribution >= 4 is 22.6 Å². The predicted octanol–water partition coefficient (Wildman–Crippen LogP) is 1.93. The molecule has 2 heterocycles. The molecule has 0 radical (unpaired) electrons. The number of hydrogen-bond donors (Lipinski definition) is 1. The molecule has 0 aliphatic carbocycles. The first-order chi connectivity index (χ1) is 13.2. The number of nitrogens with one attached hydrogen (secondary N) is 1. The first-order valence-corrected chi connectivity index (χ1v) is 8.06. The number of anilines is 1. The van der Waals surface area contributed by atoms with Gasteiger partial charge in [-0.25, -0.2) is 4.98 Å². The van der Waals surface area contributed by atoms with Gasteiger partial charge in [0, 0.05) is 19.8 Å². The van der Waals surface area contributed by atoms with E-state index < -0.39 is 29.8 Å². The number of rotatable bonds is 5. The second-order valence-corrected chi connectivity index (χ2v) is 6.03. The Hall–Kier alpha value is -3.21. The molecule has 0 aliphatic heterocycles. The third kappa shape index (κ3) is 3.88. The minimum absolute atomic E-state index is 0.0411. The smallest absolute Gasteiger partial charge is 0.380 e. The van der Waals surface area contributed by atoms with Crippen LogP contribution in [0.5, 0.6) is 0 Å². The molecule has 3 rings (SSSR count). The minimum Gasteiger partial charge on any atom is -0.380 e. The average Bonchev–Trinajstić information content (AvgIpc) is 3.00. The van der Waals surface area contributed by atoms with Gasteiger partial charge in [-0.15, -0.1) is 0 Å². The first-order valence-electron chi connectivity index (χ1n) is 8.06. The number of hydrogen-bond acceptors (Lipinski definition) is 5. The molecule has 0 atom stereocenters. The Morgan fingerprint density at radius 1 is 1.32 bits per heavy atom. The van der Waals surface area contributed by atoms with E-state index in [1.807, 2.05) is 0 Å². The van der Waals surface area contributed by atoms with Crippen molar-refractivity contribution in [3.8, 4) is 0 Å². The first kappa shape index (κ1) is 19.5. The van der Waals surface area contributed by atoms with Crippen molar-refractivity contribution in [3.05, 3.63) is 52.2 Å². The minimum atomic E-state index is -4.60. The topological polar surface area (TPSA) is 91.0 Å². The molecule has 3 aromatic rings. The molecule has 1 amide bonds. The van der Waals surface area contributed by atoms with Gasteiger partial charge >= 0.3 is 6.18 Å². The summed E-state index contributed by atoms with van der Waals surface area (Å²) in [6, 6.07) is 3.40. The van der Waals surface area contributed by atoms with Crippen molar-refractivity contribution in [2.24, 2.45) is 7.05 Å². The van der Waals surface area contributed by atoms with E-state index >= 15 is 0 Å². The highest BCUT2D eigenvalue weighted by molar-refractivity contribution is 5.90. The van der Waals surface area contributed by atoms with Crippen LogP contribution in [0, 0.1) is 0 Å². The van der Waals surface area contributed by atoms with E-state index in [9.17, 15) is 22.8 Å². The summed E-state index contributed by atoms with van der Waals surface area (Å²) < 4.78 is 46.9. The van der Waals surface area contributed by atoms with E-state index in [0.717, 1.165) is 10.6 Å². The maximum atomic E-state index is 13.2. The number of aryl methyl sites for hydroxylation is 1. The van der Waals surface area contributed by atoms with Gasteiger partial charge in [0.15, 0.2) is 5.65 Å². The summed E-state index contributed by atoms with van der Waals surface area (Å²) in [7, 11) is 2.91. The predicted molar refractivity (Wildman–Crippen MR) is 93.6 cm³/mol. The largest absolute Gasteiger partial charge is 0.416 e. The Labute approximate surface area is 156 Å². The molecule has 0 unspecified atom stereocenters. The number of methoxy groups -OCH3 is 1. The van der Waals surface area contributed by atoms with Crippen molar-refractivity contribution in [2.45, 2.75) is 19.3 Å². The van der Waals surface area contributed by atoms with Gasteiger partial charge < -0.3 is 10.1 Å². The molecular weight excluding hydrogens is 379 g/mol. The van der Waals surface area contributed by atoms with Crippen LogP contribution in [0.25, 0.3) is 11.0 Å². The zero-order chi connectivity index (χ0) is 20.5. The molecule has 0 saturated carbocycles. The number of carbonyl (C=O) groups excluding carboxylic acids is 1. The van der Waals surface area contributed by atoms with E-state index in [0.29, 0.717) is 5.65 Å². The lowest BCUT2D eigenvalue weighted by molar-refractivity contribution is -0.138. The summed E-state index contributed by atoms with van der Waals surface area (Å²) in [5.74, 6) is -0.667. The van der Waals surface area contributed by atoms with Crippen LogP contribution in [0.3, 0.4) is 0 Å². The van der Waals surface area contributed by atoms with E-state index in [1.165, 1.54) is 36.4 Å². The number of carbonyl (C=O) groups is 1. The molecule has 2 aromatic heterocycles. The summed E-state index contributed by atoms with van der Waals surface area (Å²) >= 11 is 0. The summed E-state index contributed by atoms with van der Waals surface area (Å²) in [4.78, 5) is 28.6. The van der Waals surface area contributed by atoms with Crippen molar-refractivity contribution in [1.82, 2.24) is 19.3 Å². The summed E-state index contributed by atoms with van der Waals surface area (Å²) in [5, 5.41) is 6.53. The maximum Gasteiger partial charge on any atom is 0.416 e. The van der Waals surface area contributed by atoms with Crippen LogP contribution in [0.15, 0.2) is 35.5 Å². The van der Waals surface area contributed by atoms with Crippen LogP contribution >= 0.6 is 0 Å². The van der Waals surface area contributed by atoms with Gasteiger partial charge in [-0.1, -0.05) is 6.07 Å². The molecule has 0 bridgehead atoms. The van der Waals surface area contributed by atoms with Gasteiger partial charge in [-0.2, -0.15) is 18.3 Å². The zero-order valence-electron chi connectivity index (χ0n) is 14.9. The van der Waals surface area contributed by atoms with Crippen molar-refractivity contribution < 1.29 is 22.7 Å². The number of amides is 1. The van der Waals surface area contributed by atoms with Crippen LogP contribution in [-0.4, -0.2) is 32.3 Å². The van der Waals surface area contributed by atoms with E-state index in [4.69, 9.17) is 4.74 Å². The molecule has 0 fully saturated rings. The average molecular weight is 395 g/mol. The normalized spacial score (nSPS) is 11.8. The summed E-state index contributed by atoms with van der Waals surface area (Å²) in [6.07, 6.45) is -2.07. The van der Waals surface area contributed by atoms with Gasteiger partial charge in [0.1, 0.15) is 18.3 Å². The standard InChI is InChI=1S/C17H16F3N5O3/c1-24-15-12(6-22-24)16(27)25(9-21-15)7-14(26)23-11-4-3-10(8-28-2)13(5-11)17(18,19)20/h3-6,9H,7-8H2,1-2H3,(H,23,26). The van der Waals surface area contributed by atoms with Gasteiger partial charge in [0.05, 0.1) is 18.4 Å². The lowest BCUT2D eigenvalue weighted by Gasteiger charge is -2.15. The number of aromatic nitrogens is 4. The van der Waals surface area contributed by atoms with Crippen LogP contribution in [0.2, 0.25) is 0 Å². The fourth-order valence-electron chi connectivity index (χ4n) is 2.73. The molecule has 8 nitrogen and oxygen atoms in total. The van der Waals surface area contributed by atoms with E-state index in [-0.39, 0.29) is 23.2 Å². The van der Waals surface area contributed by atoms with Gasteiger partial charge in [-0.05, 0) is 17.7 Å². The molecule has 0 saturated heterocycles. The van der Waals surface area contributed by atoms with Gasteiger partial charge in [0.25, 0.3) is 5.56 Å². The molecule has 1 N–H and O–H groups in total. The van der Waals surface area contributed by atoms with Crippen molar-refractivity contribution in [1.29, 1.82) is 0 Å². The molecule has 148 valence electrons. The Morgan fingerprint density at radius 2 is 2.07 bits per heavy atom. The SMILES string of the molecule is COCc1ccc(NC(=O)Cn2cnc3c(cnn3C)c2=O)cc1C(F)(F)F. The highest BCUT2D eigenvalue weighted by atomic mass is 19.4. The number of nitrogens with zero attached hydrogens (tertiary/aromatic N) is 4. The van der Waals surface area contributed by atoms with Crippen molar-refractivity contribution in [2.75, 3.05) is 12.4 Å². The molecule has 0 aliphatic rings. The highest BCUT2D eigenvalue weighted by Gasteiger charge is 2.33. The number of alkyl halides is 3. The number of halogens is 3. The monoisotopic (exact) mass is 395 g/mol. The third-order valence-electron chi connectivity index (χ3n) is 4.03.